The monoisotopic (exact) mass is 161 g/mol. The number of rotatable bonds is 0. The van der Waals surface area contributed by atoms with E-state index < -0.39 is 3.98 Å². The molecule has 0 aromatic heterocycles. The predicted molar refractivity (Wildman–Crippen MR) is 27.1 cm³/mol. The molecule has 0 atom stereocenters. The van der Waals surface area contributed by atoms with Crippen molar-refractivity contribution in [1.82, 2.24) is 0 Å². The van der Waals surface area contributed by atoms with Crippen molar-refractivity contribution in [3.8, 4) is 0 Å². The van der Waals surface area contributed by atoms with Crippen LogP contribution in [0.2, 0.25) is 0 Å². The normalized spacial score (nSPS) is 12.0. The standard InChI is InChI=1S/CCl3OSi/c2-1(3,4)5-6. The molecular weight excluding hydrogens is 162 g/mol. The summed E-state index contributed by atoms with van der Waals surface area (Å²) >= 11 is 14.9. The fourth-order valence-corrected chi connectivity index (χ4v) is 0. The summed E-state index contributed by atoms with van der Waals surface area (Å²) < 4.78 is 2.41. The molecule has 0 amide bonds. The first kappa shape index (κ1) is 7.05. The summed E-state index contributed by atoms with van der Waals surface area (Å²) in [6.07, 6.45) is 0. The number of halogens is 3. The molecule has 0 aliphatic rings. The third-order valence-corrected chi connectivity index (χ3v) is 1.04. The van der Waals surface area contributed by atoms with Gasteiger partial charge in [0, 0.05) is 0 Å². The van der Waals surface area contributed by atoms with Gasteiger partial charge in [0.1, 0.15) is 0 Å². The largest absolute Gasteiger partial charge is 0.377 e. The van der Waals surface area contributed by atoms with Crippen LogP contribution in [0.15, 0.2) is 0 Å². The van der Waals surface area contributed by atoms with E-state index in [0.717, 1.165) is 0 Å². The smallest absolute Gasteiger partial charge is 0.287 e. The Bertz CT molecular complexity index is 40.5. The molecule has 0 aliphatic carbocycles. The average molecular weight is 162 g/mol. The minimum absolute atomic E-state index is 1.63. The van der Waals surface area contributed by atoms with Crippen molar-refractivity contribution in [1.29, 1.82) is 0 Å². The molecule has 0 N–H and O–H groups in total. The Morgan fingerprint density at radius 1 is 1.33 bits per heavy atom. The second-order valence-corrected chi connectivity index (χ2v) is 2.93. The van der Waals surface area contributed by atoms with Crippen LogP contribution in [0.4, 0.5) is 0 Å². The van der Waals surface area contributed by atoms with Crippen LogP contribution in [0.25, 0.3) is 0 Å². The van der Waals surface area contributed by atoms with Crippen molar-refractivity contribution < 1.29 is 4.43 Å². The van der Waals surface area contributed by atoms with Gasteiger partial charge in [0.05, 0.1) is 0 Å². The Morgan fingerprint density at radius 3 is 1.50 bits per heavy atom. The number of hydrogen-bond donors (Lipinski definition) is 0. The van der Waals surface area contributed by atoms with Crippen molar-refractivity contribution in [2.24, 2.45) is 0 Å². The van der Waals surface area contributed by atoms with Crippen LogP contribution >= 0.6 is 34.8 Å². The van der Waals surface area contributed by atoms with E-state index >= 15 is 0 Å². The quantitative estimate of drug-likeness (QED) is 0.387. The van der Waals surface area contributed by atoms with Crippen LogP contribution in [0.5, 0.6) is 0 Å². The highest BCUT2D eigenvalue weighted by molar-refractivity contribution is 6.66. The highest BCUT2D eigenvalue weighted by Crippen LogP contribution is 2.25. The first-order valence-electron chi connectivity index (χ1n) is 0.975. The summed E-state index contributed by atoms with van der Waals surface area (Å²) in [5, 5.41) is 0. The van der Waals surface area contributed by atoms with E-state index in [1.165, 1.54) is 0 Å². The van der Waals surface area contributed by atoms with Gasteiger partial charge >= 0.3 is 0 Å². The Labute approximate surface area is 54.1 Å². The summed E-state index contributed by atoms with van der Waals surface area (Å²) in [4.78, 5) is 0. The SMILES string of the molecule is [Si]OC(Cl)(Cl)Cl. The van der Waals surface area contributed by atoms with Gasteiger partial charge in [-0.15, -0.1) is 0 Å². The van der Waals surface area contributed by atoms with Crippen LogP contribution < -0.4 is 0 Å². The van der Waals surface area contributed by atoms with Crippen molar-refractivity contribution in [3.05, 3.63) is 0 Å². The van der Waals surface area contributed by atoms with E-state index in [1.807, 2.05) is 0 Å². The van der Waals surface area contributed by atoms with Crippen LogP contribution in [0.3, 0.4) is 0 Å². The van der Waals surface area contributed by atoms with Crippen LogP contribution in [-0.2, 0) is 4.43 Å². The van der Waals surface area contributed by atoms with Gasteiger partial charge in [-0.25, -0.2) is 0 Å². The molecule has 0 rings (SSSR count). The lowest BCUT2D eigenvalue weighted by Gasteiger charge is -2.04. The lowest BCUT2D eigenvalue weighted by Crippen LogP contribution is -2.04. The summed E-state index contributed by atoms with van der Waals surface area (Å²) in [6.45, 7) is 0. The Kier molecular flexibility index (Phi) is 2.79. The zero-order chi connectivity index (χ0) is 5.21. The van der Waals surface area contributed by atoms with Crippen LogP contribution in [-0.4, -0.2) is 14.5 Å². The van der Waals surface area contributed by atoms with Gasteiger partial charge in [-0.3, -0.25) is 0 Å². The first-order chi connectivity index (χ1) is 2.56. The Morgan fingerprint density at radius 2 is 1.50 bits per heavy atom. The lowest BCUT2D eigenvalue weighted by molar-refractivity contribution is 0.354. The number of alkyl halides is 3. The molecule has 5 heteroatoms. The fraction of sp³-hybridized carbons (Fsp3) is 1.00. The van der Waals surface area contributed by atoms with Gasteiger partial charge in [0.15, 0.2) is 0 Å². The van der Waals surface area contributed by atoms with E-state index in [2.05, 4.69) is 14.9 Å². The molecule has 3 radical (unpaired) electrons. The third-order valence-electron chi connectivity index (χ3n) is 0.116. The first-order valence-corrected chi connectivity index (χ1v) is 2.52. The molecule has 0 aromatic carbocycles. The maximum atomic E-state index is 4.98. The molecular formula is CCl3OSi. The van der Waals surface area contributed by atoms with E-state index in [1.54, 1.807) is 0 Å². The topological polar surface area (TPSA) is 9.23 Å². The fourth-order valence-electron chi connectivity index (χ4n) is 0. The molecule has 6 heavy (non-hydrogen) atoms. The van der Waals surface area contributed by atoms with E-state index in [9.17, 15) is 0 Å². The van der Waals surface area contributed by atoms with Gasteiger partial charge in [-0.2, -0.15) is 0 Å². The van der Waals surface area contributed by atoms with E-state index in [0.29, 0.717) is 0 Å². The van der Waals surface area contributed by atoms with Gasteiger partial charge in [-0.05, 0) is 0 Å². The van der Waals surface area contributed by atoms with Crippen LogP contribution in [0, 0.1) is 0 Å². The second kappa shape index (κ2) is 2.38. The Balaban J connectivity index is 3.17. The maximum absolute atomic E-state index is 4.98. The van der Waals surface area contributed by atoms with E-state index in [4.69, 9.17) is 34.8 Å². The van der Waals surface area contributed by atoms with Crippen LogP contribution in [0.1, 0.15) is 0 Å². The average Bonchev–Trinajstić information content (AvgIpc) is 1.35. The van der Waals surface area contributed by atoms with Crippen molar-refractivity contribution in [3.63, 3.8) is 0 Å². The molecule has 0 heterocycles. The van der Waals surface area contributed by atoms with Gasteiger partial charge in [0.25, 0.3) is 14.5 Å². The number of hydrogen-bond acceptors (Lipinski definition) is 1. The zero-order valence-electron chi connectivity index (χ0n) is 2.54. The molecule has 0 fully saturated rings. The molecule has 1 nitrogen and oxygen atoms in total. The third kappa shape index (κ3) is 5.05. The second-order valence-electron chi connectivity index (χ2n) is 0.548. The van der Waals surface area contributed by atoms with Gasteiger partial charge in [-0.1, -0.05) is 34.8 Å². The minimum atomic E-state index is -1.63. The molecule has 0 aliphatic heterocycles. The lowest BCUT2D eigenvalue weighted by atomic mass is 11.7. The van der Waals surface area contributed by atoms with Crippen molar-refractivity contribution >= 4 is 45.3 Å². The predicted octanol–water partition coefficient (Wildman–Crippen LogP) is 1.41. The highest BCUT2D eigenvalue weighted by Gasteiger charge is 2.15. The summed E-state index contributed by atoms with van der Waals surface area (Å²) in [5.74, 6) is 0. The molecule has 0 aromatic rings. The van der Waals surface area contributed by atoms with Crippen molar-refractivity contribution in [2.45, 2.75) is 3.98 Å². The molecule has 0 saturated heterocycles. The minimum Gasteiger partial charge on any atom is -0.377 e. The molecule has 35 valence electrons. The van der Waals surface area contributed by atoms with Gasteiger partial charge in [0.2, 0.25) is 0 Å². The Hall–Kier alpha value is 1.05. The van der Waals surface area contributed by atoms with Gasteiger partial charge < -0.3 is 4.43 Å². The van der Waals surface area contributed by atoms with E-state index in [-0.39, 0.29) is 0 Å². The molecule has 0 saturated carbocycles. The summed E-state index contributed by atoms with van der Waals surface area (Å²) in [6, 6.07) is 0. The summed E-state index contributed by atoms with van der Waals surface area (Å²) in [5.41, 5.74) is 0. The van der Waals surface area contributed by atoms with Crippen molar-refractivity contribution in [2.75, 3.05) is 0 Å². The summed E-state index contributed by atoms with van der Waals surface area (Å²) in [7, 11) is 2.52. The maximum Gasteiger partial charge on any atom is 0.287 e. The molecule has 0 unspecified atom stereocenters. The molecule has 0 bridgehead atoms. The molecule has 0 spiro atoms. The zero-order valence-corrected chi connectivity index (χ0v) is 5.81. The highest BCUT2D eigenvalue weighted by atomic mass is 35.6.